The zero-order valence-corrected chi connectivity index (χ0v) is 15.4. The summed E-state index contributed by atoms with van der Waals surface area (Å²) in [5.74, 6) is 0.00755. The molecular weight excluding hydrogens is 322 g/mol. The molecule has 2 unspecified atom stereocenters. The van der Waals surface area contributed by atoms with Crippen LogP contribution in [0.3, 0.4) is 0 Å². The molecule has 2 atom stereocenters. The molecule has 1 aromatic carbocycles. The van der Waals surface area contributed by atoms with Crippen LogP contribution in [0.2, 0.25) is 0 Å². The van der Waals surface area contributed by atoms with Crippen molar-refractivity contribution in [2.24, 2.45) is 0 Å². The van der Waals surface area contributed by atoms with Crippen molar-refractivity contribution in [3.05, 3.63) is 65.5 Å². The second-order valence-corrected chi connectivity index (χ2v) is 7.78. The lowest BCUT2D eigenvalue weighted by Gasteiger charge is -2.49. The number of nitrogens with one attached hydrogen (secondary N) is 1. The molecule has 2 saturated heterocycles. The number of amides is 1. The van der Waals surface area contributed by atoms with Gasteiger partial charge in [0.1, 0.15) is 0 Å². The number of carbonyl (C=O) groups excluding carboxylic acids is 1. The average Bonchev–Trinajstić information content (AvgIpc) is 2.65. The summed E-state index contributed by atoms with van der Waals surface area (Å²) in [6.45, 7) is 3.16. The van der Waals surface area contributed by atoms with E-state index in [4.69, 9.17) is 0 Å². The molecule has 1 aromatic heterocycles. The standard InChI is InChI=1S/C22H27N3O/c1-16-7-9-17(10-8-16)15-25-20-5-2-6-21(25)13-19(12-20)24-22(26)18-4-3-11-23-14-18/h3-4,7-11,14,19-21H,2,5-6,12-13,15H2,1H3,(H,24,26). The molecule has 2 fully saturated rings. The van der Waals surface area contributed by atoms with Gasteiger partial charge in [0.2, 0.25) is 0 Å². The van der Waals surface area contributed by atoms with Gasteiger partial charge in [0.05, 0.1) is 5.56 Å². The van der Waals surface area contributed by atoms with Gasteiger partial charge in [-0.3, -0.25) is 14.7 Å². The summed E-state index contributed by atoms with van der Waals surface area (Å²) in [7, 11) is 0. The lowest BCUT2D eigenvalue weighted by molar-refractivity contribution is 0.0177. The van der Waals surface area contributed by atoms with E-state index in [2.05, 4.69) is 46.4 Å². The molecule has 2 bridgehead atoms. The fourth-order valence-corrected chi connectivity index (χ4v) is 4.52. The van der Waals surface area contributed by atoms with E-state index in [1.54, 1.807) is 12.4 Å². The molecule has 1 N–H and O–H groups in total. The zero-order chi connectivity index (χ0) is 17.9. The van der Waals surface area contributed by atoms with E-state index in [1.807, 2.05) is 12.1 Å². The first-order valence-electron chi connectivity index (χ1n) is 9.71. The number of hydrogen-bond donors (Lipinski definition) is 1. The van der Waals surface area contributed by atoms with E-state index < -0.39 is 0 Å². The van der Waals surface area contributed by atoms with Gasteiger partial charge in [-0.15, -0.1) is 0 Å². The summed E-state index contributed by atoms with van der Waals surface area (Å²) in [6.07, 6.45) is 9.22. The minimum atomic E-state index is 0.00755. The number of aromatic nitrogens is 1. The van der Waals surface area contributed by atoms with E-state index >= 15 is 0 Å². The second kappa shape index (κ2) is 7.58. The number of fused-ring (bicyclic) bond motifs is 2. The van der Waals surface area contributed by atoms with Crippen LogP contribution in [0.4, 0.5) is 0 Å². The Balaban J connectivity index is 1.41. The number of pyridine rings is 1. The van der Waals surface area contributed by atoms with Gasteiger partial charge in [-0.1, -0.05) is 36.2 Å². The summed E-state index contributed by atoms with van der Waals surface area (Å²) >= 11 is 0. The van der Waals surface area contributed by atoms with Crippen molar-refractivity contribution in [2.45, 2.75) is 63.7 Å². The third-order valence-electron chi connectivity index (χ3n) is 5.87. The monoisotopic (exact) mass is 349 g/mol. The number of benzene rings is 1. The van der Waals surface area contributed by atoms with Crippen LogP contribution >= 0.6 is 0 Å². The Kier molecular flexibility index (Phi) is 5.02. The van der Waals surface area contributed by atoms with Gasteiger partial charge >= 0.3 is 0 Å². The minimum Gasteiger partial charge on any atom is -0.349 e. The Hall–Kier alpha value is -2.20. The molecule has 4 heteroatoms. The van der Waals surface area contributed by atoms with Gasteiger partial charge < -0.3 is 5.32 Å². The van der Waals surface area contributed by atoms with Gasteiger partial charge in [0, 0.05) is 37.1 Å². The molecule has 2 aliphatic heterocycles. The van der Waals surface area contributed by atoms with Crippen molar-refractivity contribution in [2.75, 3.05) is 0 Å². The van der Waals surface area contributed by atoms with Crippen LogP contribution in [-0.2, 0) is 6.54 Å². The third kappa shape index (κ3) is 3.80. The Morgan fingerprint density at radius 3 is 2.54 bits per heavy atom. The zero-order valence-electron chi connectivity index (χ0n) is 15.4. The highest BCUT2D eigenvalue weighted by molar-refractivity contribution is 5.94. The Morgan fingerprint density at radius 1 is 1.15 bits per heavy atom. The first-order valence-corrected chi connectivity index (χ1v) is 9.71. The van der Waals surface area contributed by atoms with Crippen LogP contribution in [-0.4, -0.2) is 33.9 Å². The van der Waals surface area contributed by atoms with Crippen LogP contribution in [0.25, 0.3) is 0 Å². The SMILES string of the molecule is Cc1ccc(CN2C3CCCC2CC(NC(=O)c2cccnc2)C3)cc1. The third-order valence-corrected chi connectivity index (χ3v) is 5.87. The highest BCUT2D eigenvalue weighted by atomic mass is 16.1. The van der Waals surface area contributed by atoms with E-state index in [0.717, 1.165) is 19.4 Å². The largest absolute Gasteiger partial charge is 0.349 e. The fourth-order valence-electron chi connectivity index (χ4n) is 4.52. The first-order chi connectivity index (χ1) is 12.7. The lowest BCUT2D eigenvalue weighted by Crippen LogP contribution is -2.56. The number of hydrogen-bond acceptors (Lipinski definition) is 3. The molecule has 2 aromatic rings. The normalized spacial score (nSPS) is 25.7. The Morgan fingerprint density at radius 2 is 1.88 bits per heavy atom. The van der Waals surface area contributed by atoms with Crippen LogP contribution in [0.15, 0.2) is 48.8 Å². The molecule has 2 aliphatic rings. The molecule has 136 valence electrons. The van der Waals surface area contributed by atoms with Crippen molar-refractivity contribution < 1.29 is 4.79 Å². The first kappa shape index (κ1) is 17.2. The van der Waals surface area contributed by atoms with Crippen LogP contribution in [0.5, 0.6) is 0 Å². The summed E-state index contributed by atoms with van der Waals surface area (Å²) in [4.78, 5) is 19.2. The summed E-state index contributed by atoms with van der Waals surface area (Å²) in [5.41, 5.74) is 3.36. The van der Waals surface area contributed by atoms with Crippen molar-refractivity contribution in [1.29, 1.82) is 0 Å². The van der Waals surface area contributed by atoms with Crippen LogP contribution < -0.4 is 5.32 Å². The maximum absolute atomic E-state index is 12.5. The molecule has 0 spiro atoms. The number of piperidine rings is 2. The van der Waals surface area contributed by atoms with Crippen molar-refractivity contribution in [3.8, 4) is 0 Å². The summed E-state index contributed by atoms with van der Waals surface area (Å²) < 4.78 is 0. The summed E-state index contributed by atoms with van der Waals surface area (Å²) in [6, 6.07) is 14.0. The summed E-state index contributed by atoms with van der Waals surface area (Å²) in [5, 5.41) is 3.25. The number of carbonyl (C=O) groups is 1. The average molecular weight is 349 g/mol. The predicted molar refractivity (Wildman–Crippen MR) is 103 cm³/mol. The van der Waals surface area contributed by atoms with Crippen molar-refractivity contribution in [3.63, 3.8) is 0 Å². The second-order valence-electron chi connectivity index (χ2n) is 7.78. The highest BCUT2D eigenvalue weighted by Gasteiger charge is 2.38. The number of rotatable bonds is 4. The fraction of sp³-hybridized carbons (Fsp3) is 0.455. The molecule has 26 heavy (non-hydrogen) atoms. The van der Waals surface area contributed by atoms with Crippen LogP contribution in [0.1, 0.15) is 53.6 Å². The van der Waals surface area contributed by atoms with Gasteiger partial charge in [-0.05, 0) is 50.3 Å². The molecule has 0 radical (unpaired) electrons. The molecule has 1 amide bonds. The Bertz CT molecular complexity index is 730. The maximum atomic E-state index is 12.5. The lowest BCUT2D eigenvalue weighted by atomic mass is 9.81. The minimum absolute atomic E-state index is 0.00755. The van der Waals surface area contributed by atoms with E-state index in [9.17, 15) is 4.79 Å². The molecule has 4 rings (SSSR count). The molecule has 4 nitrogen and oxygen atoms in total. The van der Waals surface area contributed by atoms with Gasteiger partial charge in [-0.25, -0.2) is 0 Å². The number of aryl methyl sites for hydroxylation is 1. The molecule has 0 saturated carbocycles. The highest BCUT2D eigenvalue weighted by Crippen LogP contribution is 2.35. The van der Waals surface area contributed by atoms with Crippen molar-refractivity contribution >= 4 is 5.91 Å². The molecular formula is C22H27N3O. The van der Waals surface area contributed by atoms with Gasteiger partial charge in [0.15, 0.2) is 0 Å². The van der Waals surface area contributed by atoms with Crippen molar-refractivity contribution in [1.82, 2.24) is 15.2 Å². The quantitative estimate of drug-likeness (QED) is 0.915. The van der Waals surface area contributed by atoms with E-state index in [1.165, 1.54) is 30.4 Å². The van der Waals surface area contributed by atoms with E-state index in [-0.39, 0.29) is 11.9 Å². The maximum Gasteiger partial charge on any atom is 0.253 e. The number of nitrogens with zero attached hydrogens (tertiary/aromatic N) is 2. The molecule has 0 aliphatic carbocycles. The van der Waals surface area contributed by atoms with E-state index in [0.29, 0.717) is 17.6 Å². The molecule has 3 heterocycles. The topological polar surface area (TPSA) is 45.2 Å². The smallest absolute Gasteiger partial charge is 0.253 e. The Labute approximate surface area is 155 Å². The predicted octanol–water partition coefficient (Wildman–Crippen LogP) is 3.71. The van der Waals surface area contributed by atoms with Crippen LogP contribution in [0, 0.1) is 6.92 Å². The van der Waals surface area contributed by atoms with Gasteiger partial charge in [0.25, 0.3) is 5.91 Å². The van der Waals surface area contributed by atoms with Gasteiger partial charge in [-0.2, -0.15) is 0 Å².